The SMILES string of the molecule is Cl.O=C(NCCCCN1CCCC1)c1ccc(Cl)s1. The lowest BCUT2D eigenvalue weighted by Gasteiger charge is -2.13. The number of amides is 1. The molecule has 6 heteroatoms. The Morgan fingerprint density at radius 3 is 2.68 bits per heavy atom. The summed E-state index contributed by atoms with van der Waals surface area (Å²) in [4.78, 5) is 14.9. The number of unbranched alkanes of at least 4 members (excludes halogenated alkanes) is 1. The molecule has 1 saturated heterocycles. The van der Waals surface area contributed by atoms with E-state index in [1.165, 1.54) is 43.8 Å². The van der Waals surface area contributed by atoms with Gasteiger partial charge in [0.15, 0.2) is 0 Å². The molecule has 0 aromatic carbocycles. The smallest absolute Gasteiger partial charge is 0.261 e. The Balaban J connectivity index is 0.00000180. The highest BCUT2D eigenvalue weighted by atomic mass is 35.5. The summed E-state index contributed by atoms with van der Waals surface area (Å²) in [5, 5.41) is 2.93. The van der Waals surface area contributed by atoms with Crippen molar-refractivity contribution in [2.45, 2.75) is 25.7 Å². The predicted octanol–water partition coefficient (Wildman–Crippen LogP) is 3.43. The maximum Gasteiger partial charge on any atom is 0.261 e. The molecular formula is C13H20Cl2N2OS. The average Bonchev–Trinajstić information content (AvgIpc) is 2.99. The highest BCUT2D eigenvalue weighted by molar-refractivity contribution is 7.17. The fourth-order valence-electron chi connectivity index (χ4n) is 2.19. The molecule has 1 amide bonds. The third-order valence-corrected chi connectivity index (χ3v) is 4.41. The normalized spacial score (nSPS) is 15.2. The van der Waals surface area contributed by atoms with Crippen molar-refractivity contribution in [3.63, 3.8) is 0 Å². The lowest BCUT2D eigenvalue weighted by Crippen LogP contribution is -2.25. The molecule has 0 aliphatic carbocycles. The van der Waals surface area contributed by atoms with E-state index in [0.29, 0.717) is 9.21 Å². The number of carbonyl (C=O) groups is 1. The summed E-state index contributed by atoms with van der Waals surface area (Å²) in [5.74, 6) is -0.00641. The molecule has 1 aliphatic heterocycles. The van der Waals surface area contributed by atoms with Gasteiger partial charge in [0.25, 0.3) is 5.91 Å². The third kappa shape index (κ3) is 5.69. The molecule has 108 valence electrons. The molecule has 0 bridgehead atoms. The lowest BCUT2D eigenvalue weighted by atomic mass is 10.3. The van der Waals surface area contributed by atoms with Crippen molar-refractivity contribution in [2.75, 3.05) is 26.2 Å². The van der Waals surface area contributed by atoms with Crippen LogP contribution in [0.3, 0.4) is 0 Å². The van der Waals surface area contributed by atoms with Crippen molar-refractivity contribution >= 4 is 41.3 Å². The quantitative estimate of drug-likeness (QED) is 0.814. The van der Waals surface area contributed by atoms with E-state index in [-0.39, 0.29) is 18.3 Å². The summed E-state index contributed by atoms with van der Waals surface area (Å²) >= 11 is 7.12. The molecule has 1 aliphatic rings. The second-order valence-corrected chi connectivity index (χ2v) is 6.33. The van der Waals surface area contributed by atoms with E-state index in [1.54, 1.807) is 12.1 Å². The van der Waals surface area contributed by atoms with Gasteiger partial charge in [-0.1, -0.05) is 11.6 Å². The van der Waals surface area contributed by atoms with Gasteiger partial charge in [0.2, 0.25) is 0 Å². The summed E-state index contributed by atoms with van der Waals surface area (Å²) in [6.45, 7) is 4.42. The number of carbonyl (C=O) groups excluding carboxylic acids is 1. The number of nitrogens with one attached hydrogen (secondary N) is 1. The van der Waals surface area contributed by atoms with E-state index in [4.69, 9.17) is 11.6 Å². The molecule has 1 aromatic rings. The van der Waals surface area contributed by atoms with Crippen molar-refractivity contribution in [1.29, 1.82) is 0 Å². The Kier molecular flexibility index (Phi) is 7.76. The molecular weight excluding hydrogens is 303 g/mol. The maximum absolute atomic E-state index is 11.7. The van der Waals surface area contributed by atoms with Gasteiger partial charge >= 0.3 is 0 Å². The predicted molar refractivity (Wildman–Crippen MR) is 83.8 cm³/mol. The fourth-order valence-corrected chi connectivity index (χ4v) is 3.15. The Morgan fingerprint density at radius 1 is 1.32 bits per heavy atom. The average molecular weight is 323 g/mol. The van der Waals surface area contributed by atoms with Crippen molar-refractivity contribution in [1.82, 2.24) is 10.2 Å². The van der Waals surface area contributed by atoms with Crippen LogP contribution in [0.5, 0.6) is 0 Å². The Labute approximate surface area is 129 Å². The van der Waals surface area contributed by atoms with E-state index in [2.05, 4.69) is 10.2 Å². The topological polar surface area (TPSA) is 32.3 Å². The number of nitrogens with zero attached hydrogens (tertiary/aromatic N) is 1. The molecule has 0 atom stereocenters. The molecule has 0 unspecified atom stereocenters. The van der Waals surface area contributed by atoms with E-state index in [1.807, 2.05) is 0 Å². The molecule has 2 heterocycles. The maximum atomic E-state index is 11.7. The van der Waals surface area contributed by atoms with Crippen LogP contribution in [0.1, 0.15) is 35.4 Å². The minimum atomic E-state index is -0.00641. The van der Waals surface area contributed by atoms with Gasteiger partial charge in [-0.2, -0.15) is 0 Å². The second-order valence-electron chi connectivity index (χ2n) is 4.62. The molecule has 3 nitrogen and oxygen atoms in total. The molecule has 1 aromatic heterocycles. The first kappa shape index (κ1) is 16.8. The van der Waals surface area contributed by atoms with Crippen LogP contribution in [-0.4, -0.2) is 37.0 Å². The largest absolute Gasteiger partial charge is 0.351 e. The molecule has 19 heavy (non-hydrogen) atoms. The van der Waals surface area contributed by atoms with Crippen LogP contribution in [0, 0.1) is 0 Å². The first-order chi connectivity index (χ1) is 8.75. The Hall–Kier alpha value is -0.290. The third-order valence-electron chi connectivity index (χ3n) is 3.18. The van der Waals surface area contributed by atoms with Gasteiger partial charge in [-0.05, 0) is 57.5 Å². The number of likely N-dealkylation sites (tertiary alicyclic amines) is 1. The standard InChI is InChI=1S/C13H19ClN2OS.ClH/c14-12-6-5-11(18-12)13(17)15-7-1-2-8-16-9-3-4-10-16;/h5-6H,1-4,7-10H2,(H,15,17);1H. The highest BCUT2D eigenvalue weighted by Crippen LogP contribution is 2.21. The summed E-state index contributed by atoms with van der Waals surface area (Å²) in [6.07, 6.45) is 4.89. The molecule has 0 spiro atoms. The number of hydrogen-bond donors (Lipinski definition) is 1. The summed E-state index contributed by atoms with van der Waals surface area (Å²) in [7, 11) is 0. The number of thiophene rings is 1. The minimum Gasteiger partial charge on any atom is -0.351 e. The van der Waals surface area contributed by atoms with Crippen LogP contribution in [0.2, 0.25) is 4.34 Å². The van der Waals surface area contributed by atoms with Gasteiger partial charge in [-0.15, -0.1) is 23.7 Å². The van der Waals surface area contributed by atoms with Crippen LogP contribution in [0.4, 0.5) is 0 Å². The fraction of sp³-hybridized carbons (Fsp3) is 0.615. The van der Waals surface area contributed by atoms with E-state index in [0.717, 1.165) is 19.4 Å². The molecule has 0 radical (unpaired) electrons. The summed E-state index contributed by atoms with van der Waals surface area (Å²) in [5.41, 5.74) is 0. The van der Waals surface area contributed by atoms with Crippen molar-refractivity contribution < 1.29 is 4.79 Å². The molecule has 1 fully saturated rings. The Morgan fingerprint density at radius 2 is 2.05 bits per heavy atom. The first-order valence-electron chi connectivity index (χ1n) is 6.51. The molecule has 0 saturated carbocycles. The lowest BCUT2D eigenvalue weighted by molar-refractivity contribution is 0.0956. The number of rotatable bonds is 6. The zero-order valence-corrected chi connectivity index (χ0v) is 13.3. The van der Waals surface area contributed by atoms with Gasteiger partial charge in [-0.25, -0.2) is 0 Å². The van der Waals surface area contributed by atoms with Crippen molar-refractivity contribution in [2.24, 2.45) is 0 Å². The van der Waals surface area contributed by atoms with Crippen LogP contribution < -0.4 is 5.32 Å². The van der Waals surface area contributed by atoms with Crippen LogP contribution >= 0.6 is 35.3 Å². The van der Waals surface area contributed by atoms with E-state index in [9.17, 15) is 4.79 Å². The zero-order chi connectivity index (χ0) is 12.8. The van der Waals surface area contributed by atoms with Crippen molar-refractivity contribution in [3.8, 4) is 0 Å². The van der Waals surface area contributed by atoms with Crippen LogP contribution in [-0.2, 0) is 0 Å². The van der Waals surface area contributed by atoms with Gasteiger partial charge in [0.1, 0.15) is 0 Å². The second kappa shape index (κ2) is 8.80. The molecule has 2 rings (SSSR count). The summed E-state index contributed by atoms with van der Waals surface area (Å²) < 4.78 is 0.661. The number of hydrogen-bond acceptors (Lipinski definition) is 3. The zero-order valence-electron chi connectivity index (χ0n) is 10.9. The Bertz CT molecular complexity index is 392. The van der Waals surface area contributed by atoms with E-state index >= 15 is 0 Å². The van der Waals surface area contributed by atoms with Crippen LogP contribution in [0.25, 0.3) is 0 Å². The first-order valence-corrected chi connectivity index (χ1v) is 7.71. The monoisotopic (exact) mass is 322 g/mol. The van der Waals surface area contributed by atoms with Gasteiger partial charge in [0, 0.05) is 6.54 Å². The van der Waals surface area contributed by atoms with Gasteiger partial charge in [0.05, 0.1) is 9.21 Å². The minimum absolute atomic E-state index is 0. The summed E-state index contributed by atoms with van der Waals surface area (Å²) in [6, 6.07) is 3.53. The van der Waals surface area contributed by atoms with Crippen LogP contribution in [0.15, 0.2) is 12.1 Å². The highest BCUT2D eigenvalue weighted by Gasteiger charge is 2.10. The number of halogens is 2. The van der Waals surface area contributed by atoms with E-state index < -0.39 is 0 Å². The van der Waals surface area contributed by atoms with Gasteiger partial charge < -0.3 is 10.2 Å². The molecule has 1 N–H and O–H groups in total. The van der Waals surface area contributed by atoms with Gasteiger partial charge in [-0.3, -0.25) is 4.79 Å². The van der Waals surface area contributed by atoms with Crippen molar-refractivity contribution in [3.05, 3.63) is 21.3 Å².